The molecule has 1 heterocycles. The molecule has 2 aliphatic carbocycles. The molecule has 3 rings (SSSR count). The fraction of sp³-hybridized carbons (Fsp3) is 0.190. The van der Waals surface area contributed by atoms with E-state index in [1.54, 1.807) is 13.8 Å². The van der Waals surface area contributed by atoms with Gasteiger partial charge in [0.1, 0.15) is 11.0 Å². The summed E-state index contributed by atoms with van der Waals surface area (Å²) in [4.78, 5) is 37.4. The zero-order chi connectivity index (χ0) is 20.7. The highest BCUT2D eigenvalue weighted by Gasteiger charge is 2.18. The number of rotatable bonds is 1. The van der Waals surface area contributed by atoms with Crippen molar-refractivity contribution in [3.8, 4) is 11.5 Å². The van der Waals surface area contributed by atoms with Crippen molar-refractivity contribution in [2.24, 2.45) is 0 Å². The van der Waals surface area contributed by atoms with Gasteiger partial charge in [-0.15, -0.1) is 0 Å². The Kier molecular flexibility index (Phi) is 4.68. The van der Waals surface area contributed by atoms with Gasteiger partial charge in [-0.25, -0.2) is 4.79 Å². The smallest absolute Gasteiger partial charge is 0.347 e. The van der Waals surface area contributed by atoms with Gasteiger partial charge in [-0.3, -0.25) is 9.59 Å². The summed E-state index contributed by atoms with van der Waals surface area (Å²) in [7, 11) is 0. The van der Waals surface area contributed by atoms with Gasteiger partial charge in [-0.1, -0.05) is 5.57 Å². The molecule has 0 saturated carbocycles. The summed E-state index contributed by atoms with van der Waals surface area (Å²) in [5.41, 5.74) is -0.774. The Balaban J connectivity index is 2.72. The fourth-order valence-corrected chi connectivity index (χ4v) is 3.11. The lowest BCUT2D eigenvalue weighted by Gasteiger charge is -2.04. The lowest BCUT2D eigenvalue weighted by molar-refractivity contribution is 0.487. The molecule has 0 spiro atoms. The summed E-state index contributed by atoms with van der Waals surface area (Å²) in [6.45, 7) is 6.57. The number of hydrogen-bond acceptors (Lipinski definition) is 7. The molecule has 144 valence electrons. The number of hydrogen-bond donors (Lipinski definition) is 2. The quantitative estimate of drug-likeness (QED) is 0.652. The molecule has 28 heavy (non-hydrogen) atoms. The molecule has 0 aromatic heterocycles. The Morgan fingerprint density at radius 3 is 2.32 bits per heavy atom. The van der Waals surface area contributed by atoms with E-state index in [1.165, 1.54) is 26.0 Å². The predicted molar refractivity (Wildman–Crippen MR) is 103 cm³/mol. The Morgan fingerprint density at radius 1 is 1.04 bits per heavy atom. The van der Waals surface area contributed by atoms with Crippen molar-refractivity contribution in [1.29, 1.82) is 0 Å². The third kappa shape index (κ3) is 3.00. The zero-order valence-electron chi connectivity index (χ0n) is 15.7. The van der Waals surface area contributed by atoms with Crippen LogP contribution < -0.4 is 26.9 Å². The second-order valence-electron chi connectivity index (χ2n) is 6.74. The first kappa shape index (κ1) is 19.2. The predicted octanol–water partition coefficient (Wildman–Crippen LogP) is 1.33. The standard InChI is InChI=1S/C21H18O7/c1-9(2)5-14(24)18-11(4)19-16(7-15(18)25)27-20-12(8-22)13(23)6-10(3)17(20)21(26)28-19/h5-8,22,24H,1-4H3/b12-8-,18-14+. The molecule has 2 N–H and O–H groups in total. The molecule has 3 aliphatic rings. The van der Waals surface area contributed by atoms with E-state index in [2.05, 4.69) is 0 Å². The van der Waals surface area contributed by atoms with E-state index >= 15 is 0 Å². The highest BCUT2D eigenvalue weighted by molar-refractivity contribution is 5.61. The molecule has 0 saturated heterocycles. The SMILES string of the molecule is CC(C)=C/C(O)=c1/c(C)c2oc(=O)c3c(C)cc(=O)/c(=C/O)c=3oc-2cc1=O. The van der Waals surface area contributed by atoms with Gasteiger partial charge in [0.25, 0.3) is 0 Å². The molecule has 7 heteroatoms. The molecular weight excluding hydrogens is 364 g/mol. The van der Waals surface area contributed by atoms with Crippen LogP contribution in [-0.4, -0.2) is 10.2 Å². The Morgan fingerprint density at radius 2 is 1.71 bits per heavy atom. The molecule has 7 nitrogen and oxygen atoms in total. The molecule has 0 fully saturated rings. The number of aliphatic hydroxyl groups excluding tert-OH is 2. The minimum Gasteiger partial charge on any atom is -0.515 e. The van der Waals surface area contributed by atoms with Gasteiger partial charge in [-0.2, -0.15) is 0 Å². The van der Waals surface area contributed by atoms with Crippen LogP contribution in [0.4, 0.5) is 0 Å². The van der Waals surface area contributed by atoms with Gasteiger partial charge in [-0.05, 0) is 45.4 Å². The maximum atomic E-state index is 12.7. The van der Waals surface area contributed by atoms with Gasteiger partial charge in [0, 0.05) is 11.6 Å². The Hall–Kier alpha value is -3.61. The van der Waals surface area contributed by atoms with Crippen LogP contribution in [0.5, 0.6) is 0 Å². The van der Waals surface area contributed by atoms with Crippen LogP contribution >= 0.6 is 0 Å². The average Bonchev–Trinajstić information content (AvgIpc) is 2.71. The fourth-order valence-electron chi connectivity index (χ4n) is 3.11. The molecule has 0 bridgehead atoms. The van der Waals surface area contributed by atoms with E-state index in [0.717, 1.165) is 11.6 Å². The van der Waals surface area contributed by atoms with Gasteiger partial charge < -0.3 is 19.0 Å². The largest absolute Gasteiger partial charge is 0.515 e. The van der Waals surface area contributed by atoms with Gasteiger partial charge in [0.2, 0.25) is 0 Å². The third-order valence-corrected chi connectivity index (χ3v) is 4.35. The van der Waals surface area contributed by atoms with E-state index in [1.807, 2.05) is 0 Å². The van der Waals surface area contributed by atoms with Crippen molar-refractivity contribution >= 4 is 12.0 Å². The number of aliphatic hydroxyl groups is 2. The summed E-state index contributed by atoms with van der Waals surface area (Å²) in [6, 6.07) is 2.26. The minimum absolute atomic E-state index is 0.0162. The van der Waals surface area contributed by atoms with Crippen molar-refractivity contribution in [2.45, 2.75) is 27.7 Å². The molecular formula is C21H18O7. The summed E-state index contributed by atoms with van der Waals surface area (Å²) < 4.78 is 11.1. The highest BCUT2D eigenvalue weighted by Crippen LogP contribution is 2.19. The number of aryl methyl sites for hydroxylation is 1. The summed E-state index contributed by atoms with van der Waals surface area (Å²) in [5, 5.41) is 19.5. The Labute approximate surface area is 157 Å². The van der Waals surface area contributed by atoms with Gasteiger partial charge in [0.15, 0.2) is 27.8 Å². The van der Waals surface area contributed by atoms with E-state index < -0.39 is 16.5 Å². The van der Waals surface area contributed by atoms with Crippen molar-refractivity contribution in [1.82, 2.24) is 0 Å². The van der Waals surface area contributed by atoms with Crippen LogP contribution in [0.3, 0.4) is 0 Å². The number of fused-ring (bicyclic) bond motifs is 1. The summed E-state index contributed by atoms with van der Waals surface area (Å²) >= 11 is 0. The molecule has 0 aromatic carbocycles. The summed E-state index contributed by atoms with van der Waals surface area (Å²) in [6.07, 6.45) is 1.98. The molecule has 0 radical (unpaired) electrons. The maximum Gasteiger partial charge on any atom is 0.347 e. The minimum atomic E-state index is -0.802. The molecule has 1 aliphatic heterocycles. The lowest BCUT2D eigenvalue weighted by Crippen LogP contribution is -2.30. The van der Waals surface area contributed by atoms with Crippen LogP contribution in [-0.2, 0) is 0 Å². The monoisotopic (exact) mass is 382 g/mol. The van der Waals surface area contributed by atoms with Crippen LogP contribution in [0, 0.1) is 24.5 Å². The topological polar surface area (TPSA) is 118 Å². The van der Waals surface area contributed by atoms with E-state index in [4.69, 9.17) is 8.83 Å². The molecule has 0 unspecified atom stereocenters. The van der Waals surface area contributed by atoms with Crippen LogP contribution in [0.15, 0.2) is 47.0 Å². The maximum absolute atomic E-state index is 12.7. The Bertz CT molecular complexity index is 1470. The van der Waals surface area contributed by atoms with Gasteiger partial charge in [0.05, 0.1) is 16.7 Å². The van der Waals surface area contributed by atoms with Gasteiger partial charge >= 0.3 is 5.63 Å². The van der Waals surface area contributed by atoms with Crippen LogP contribution in [0.25, 0.3) is 23.5 Å². The average molecular weight is 382 g/mol. The third-order valence-electron chi connectivity index (χ3n) is 4.35. The normalized spacial score (nSPS) is 13.1. The molecule has 0 atom stereocenters. The number of allylic oxidation sites excluding steroid dienone is 1. The molecule has 0 aromatic rings. The van der Waals surface area contributed by atoms with Crippen LogP contribution in [0.1, 0.15) is 25.0 Å². The lowest BCUT2D eigenvalue weighted by atomic mass is 10.1. The van der Waals surface area contributed by atoms with Crippen molar-refractivity contribution in [2.75, 3.05) is 0 Å². The second kappa shape index (κ2) is 6.84. The molecule has 0 amide bonds. The van der Waals surface area contributed by atoms with E-state index in [0.29, 0.717) is 11.8 Å². The summed E-state index contributed by atoms with van der Waals surface area (Å²) in [5.74, 6) is -0.387. The zero-order valence-corrected chi connectivity index (χ0v) is 15.7. The first-order valence-corrected chi connectivity index (χ1v) is 8.43. The van der Waals surface area contributed by atoms with E-state index in [-0.39, 0.29) is 43.9 Å². The van der Waals surface area contributed by atoms with Crippen molar-refractivity contribution in [3.63, 3.8) is 0 Å². The highest BCUT2D eigenvalue weighted by atomic mass is 16.4. The number of benzene rings is 1. The first-order valence-electron chi connectivity index (χ1n) is 8.43. The van der Waals surface area contributed by atoms with E-state index in [9.17, 15) is 24.6 Å². The second-order valence-corrected chi connectivity index (χ2v) is 6.74. The van der Waals surface area contributed by atoms with Crippen molar-refractivity contribution in [3.05, 3.63) is 86.8 Å². The van der Waals surface area contributed by atoms with Crippen LogP contribution in [0.2, 0.25) is 0 Å². The van der Waals surface area contributed by atoms with Crippen molar-refractivity contribution < 1.29 is 19.0 Å². The first-order chi connectivity index (χ1) is 13.1.